The predicted molar refractivity (Wildman–Crippen MR) is 149 cm³/mol. The number of aromatic nitrogens is 2. The fraction of sp³-hybridized carbons (Fsp3) is 0.172. The number of hydrogen-bond acceptors (Lipinski definition) is 4. The normalized spacial score (nSPS) is 16.8. The van der Waals surface area contributed by atoms with E-state index in [0.29, 0.717) is 5.11 Å². The van der Waals surface area contributed by atoms with E-state index < -0.39 is 5.97 Å². The summed E-state index contributed by atoms with van der Waals surface area (Å²) in [6.45, 7) is 4.09. The summed E-state index contributed by atoms with van der Waals surface area (Å²) >= 11 is 5.74. The Kier molecular flexibility index (Phi) is 6.93. The number of amides is 1. The van der Waals surface area contributed by atoms with Gasteiger partial charge in [0.2, 0.25) is 5.91 Å². The molecule has 38 heavy (non-hydrogen) atoms. The minimum Gasteiger partial charge on any atom is -0.478 e. The van der Waals surface area contributed by atoms with Crippen molar-refractivity contribution in [3.63, 3.8) is 0 Å². The van der Waals surface area contributed by atoms with Gasteiger partial charge in [0.15, 0.2) is 5.11 Å². The first kappa shape index (κ1) is 25.2. The molecule has 0 unspecified atom stereocenters. The van der Waals surface area contributed by atoms with Crippen LogP contribution in [0.25, 0.3) is 5.69 Å². The van der Waals surface area contributed by atoms with Crippen molar-refractivity contribution in [2.75, 3.05) is 11.9 Å². The zero-order chi connectivity index (χ0) is 26.8. The molecular weight excluding hydrogens is 498 g/mol. The van der Waals surface area contributed by atoms with Crippen LogP contribution in [0.5, 0.6) is 0 Å². The van der Waals surface area contributed by atoms with Crippen LogP contribution in [0, 0.1) is 13.8 Å². The number of hydrogen-bond donors (Lipinski definition) is 3. The highest BCUT2D eigenvalue weighted by Crippen LogP contribution is 2.41. The van der Waals surface area contributed by atoms with Gasteiger partial charge in [-0.1, -0.05) is 24.3 Å². The number of aromatic carboxylic acids is 1. The van der Waals surface area contributed by atoms with Crippen molar-refractivity contribution < 1.29 is 14.7 Å². The van der Waals surface area contributed by atoms with Crippen molar-refractivity contribution in [3.8, 4) is 5.69 Å². The first-order valence-electron chi connectivity index (χ1n) is 12.2. The van der Waals surface area contributed by atoms with Crippen LogP contribution in [0.15, 0.2) is 85.1 Å². The Hall–Kier alpha value is -4.50. The molecular formula is C29H27N5O3S. The third-order valence-electron chi connectivity index (χ3n) is 6.73. The number of para-hydroxylation sites is 1. The second kappa shape index (κ2) is 10.5. The lowest BCUT2D eigenvalue weighted by Crippen LogP contribution is -2.37. The van der Waals surface area contributed by atoms with E-state index in [0.717, 1.165) is 34.0 Å². The molecule has 1 aliphatic heterocycles. The molecule has 3 N–H and O–H groups in total. The number of carboxylic acid groups (broad SMARTS) is 1. The molecule has 0 spiro atoms. The Labute approximate surface area is 225 Å². The van der Waals surface area contributed by atoms with Gasteiger partial charge in [0.1, 0.15) is 6.54 Å². The molecule has 1 amide bonds. The number of aryl methyl sites for hydroxylation is 1. The number of carbonyl (C=O) groups excluding carboxylic acids is 1. The zero-order valence-corrected chi connectivity index (χ0v) is 21.8. The van der Waals surface area contributed by atoms with E-state index in [1.165, 1.54) is 0 Å². The summed E-state index contributed by atoms with van der Waals surface area (Å²) in [6.07, 6.45) is 1.75. The molecule has 1 fully saturated rings. The Morgan fingerprint density at radius 3 is 2.39 bits per heavy atom. The maximum absolute atomic E-state index is 13.1. The Morgan fingerprint density at radius 1 is 1.03 bits per heavy atom. The number of rotatable bonds is 7. The molecule has 3 heterocycles. The van der Waals surface area contributed by atoms with Crippen LogP contribution < -0.4 is 10.6 Å². The van der Waals surface area contributed by atoms with Crippen LogP contribution in [0.1, 0.15) is 45.1 Å². The fourth-order valence-electron chi connectivity index (χ4n) is 5.03. The van der Waals surface area contributed by atoms with Gasteiger partial charge in [0, 0.05) is 29.0 Å². The molecule has 2 aromatic carbocycles. The highest BCUT2D eigenvalue weighted by Gasteiger charge is 2.42. The quantitative estimate of drug-likeness (QED) is 0.298. The zero-order valence-electron chi connectivity index (χ0n) is 21.0. The largest absolute Gasteiger partial charge is 0.478 e. The van der Waals surface area contributed by atoms with Gasteiger partial charge >= 0.3 is 5.97 Å². The van der Waals surface area contributed by atoms with Crippen molar-refractivity contribution in [3.05, 3.63) is 113 Å². The number of nitrogens with zero attached hydrogens (tertiary/aromatic N) is 3. The number of anilines is 1. The number of thiocarbonyl (C=S) groups is 1. The van der Waals surface area contributed by atoms with Crippen molar-refractivity contribution in [2.45, 2.75) is 25.9 Å². The maximum atomic E-state index is 13.1. The second-order valence-electron chi connectivity index (χ2n) is 9.18. The molecule has 9 heteroatoms. The van der Waals surface area contributed by atoms with E-state index in [9.17, 15) is 14.7 Å². The van der Waals surface area contributed by atoms with Crippen molar-refractivity contribution in [2.24, 2.45) is 0 Å². The van der Waals surface area contributed by atoms with Gasteiger partial charge in [-0.15, -0.1) is 0 Å². The van der Waals surface area contributed by atoms with Crippen LogP contribution in [0.2, 0.25) is 0 Å². The highest BCUT2D eigenvalue weighted by molar-refractivity contribution is 7.80. The van der Waals surface area contributed by atoms with Crippen LogP contribution in [-0.2, 0) is 4.79 Å². The SMILES string of the molecule is Cc1cc([C@H]2[C@H](c3ccccn3)NC(=S)N2CC(=O)Nc2ccccc2)c(C)n1-c1ccc(C(=O)O)cc1. The highest BCUT2D eigenvalue weighted by atomic mass is 32.1. The van der Waals surface area contributed by atoms with E-state index in [1.807, 2.05) is 67.3 Å². The van der Waals surface area contributed by atoms with Gasteiger partial charge in [-0.05, 0) is 86.2 Å². The molecule has 5 rings (SSSR count). The lowest BCUT2D eigenvalue weighted by Gasteiger charge is -2.27. The number of nitrogens with one attached hydrogen (secondary N) is 2. The second-order valence-corrected chi connectivity index (χ2v) is 9.57. The molecule has 8 nitrogen and oxygen atoms in total. The third-order valence-corrected chi connectivity index (χ3v) is 7.08. The molecule has 1 aliphatic rings. The summed E-state index contributed by atoms with van der Waals surface area (Å²) < 4.78 is 2.08. The molecule has 0 saturated carbocycles. The van der Waals surface area contributed by atoms with Crippen molar-refractivity contribution in [1.29, 1.82) is 0 Å². The first-order chi connectivity index (χ1) is 18.3. The summed E-state index contributed by atoms with van der Waals surface area (Å²) in [6, 6.07) is 23.4. The van der Waals surface area contributed by atoms with Gasteiger partial charge in [-0.2, -0.15) is 0 Å². The fourth-order valence-corrected chi connectivity index (χ4v) is 5.33. The van der Waals surface area contributed by atoms with E-state index in [4.69, 9.17) is 12.2 Å². The summed E-state index contributed by atoms with van der Waals surface area (Å²) in [5.74, 6) is -1.14. The monoisotopic (exact) mass is 525 g/mol. The smallest absolute Gasteiger partial charge is 0.335 e. The molecule has 0 aliphatic carbocycles. The molecule has 2 atom stereocenters. The Balaban J connectivity index is 1.53. The lowest BCUT2D eigenvalue weighted by molar-refractivity contribution is -0.116. The van der Waals surface area contributed by atoms with Gasteiger partial charge in [-0.3, -0.25) is 9.78 Å². The molecule has 1 saturated heterocycles. The average molecular weight is 526 g/mol. The average Bonchev–Trinajstić information content (AvgIpc) is 3.39. The summed E-state index contributed by atoms with van der Waals surface area (Å²) in [4.78, 5) is 30.9. The molecule has 2 aromatic heterocycles. The summed E-state index contributed by atoms with van der Waals surface area (Å²) in [5, 5.41) is 16.1. The lowest BCUT2D eigenvalue weighted by atomic mass is 9.96. The van der Waals surface area contributed by atoms with Gasteiger partial charge in [-0.25, -0.2) is 4.79 Å². The minimum absolute atomic E-state index is 0.0612. The number of carbonyl (C=O) groups is 2. The molecule has 0 bridgehead atoms. The number of carboxylic acids is 1. The number of benzene rings is 2. The minimum atomic E-state index is -0.966. The predicted octanol–water partition coefficient (Wildman–Crippen LogP) is 4.80. The topological polar surface area (TPSA) is 99.5 Å². The van der Waals surface area contributed by atoms with E-state index in [1.54, 1.807) is 30.5 Å². The van der Waals surface area contributed by atoms with Crippen LogP contribution >= 0.6 is 12.2 Å². The number of pyridine rings is 1. The van der Waals surface area contributed by atoms with Crippen molar-refractivity contribution >= 4 is 34.9 Å². The van der Waals surface area contributed by atoms with Crippen LogP contribution in [0.4, 0.5) is 5.69 Å². The van der Waals surface area contributed by atoms with Gasteiger partial charge < -0.3 is 25.2 Å². The Bertz CT molecular complexity index is 1490. The van der Waals surface area contributed by atoms with Crippen LogP contribution in [0.3, 0.4) is 0 Å². The standard InChI is InChI=1S/C29H27N5O3S/c1-18-16-23(19(2)34(18)22-13-11-20(12-14-22)28(36)37)27-26(24-10-6-7-15-30-24)32-29(38)33(27)17-25(35)31-21-8-4-3-5-9-21/h3-16,26-27H,17H2,1-2H3,(H,31,35)(H,32,38)(H,36,37)/t26-,27-/m0/s1. The summed E-state index contributed by atoms with van der Waals surface area (Å²) in [5.41, 5.74) is 5.57. The van der Waals surface area contributed by atoms with Gasteiger partial charge in [0.05, 0.1) is 23.3 Å². The first-order valence-corrected chi connectivity index (χ1v) is 12.6. The van der Waals surface area contributed by atoms with E-state index in [-0.39, 0.29) is 30.1 Å². The maximum Gasteiger partial charge on any atom is 0.335 e. The van der Waals surface area contributed by atoms with Crippen molar-refractivity contribution in [1.82, 2.24) is 19.8 Å². The van der Waals surface area contributed by atoms with Crippen LogP contribution in [-0.4, -0.2) is 43.1 Å². The third kappa shape index (κ3) is 4.88. The van der Waals surface area contributed by atoms with Gasteiger partial charge in [0.25, 0.3) is 0 Å². The summed E-state index contributed by atoms with van der Waals surface area (Å²) in [7, 11) is 0. The molecule has 0 radical (unpaired) electrons. The molecule has 4 aromatic rings. The Morgan fingerprint density at radius 2 is 1.74 bits per heavy atom. The molecule has 192 valence electrons. The van der Waals surface area contributed by atoms with E-state index >= 15 is 0 Å². The van der Waals surface area contributed by atoms with E-state index in [2.05, 4.69) is 26.3 Å².